The molecule has 0 nitrogen and oxygen atoms in total. The van der Waals surface area contributed by atoms with Gasteiger partial charge in [0.05, 0.1) is 0 Å². The van der Waals surface area contributed by atoms with E-state index >= 15 is 0 Å². The normalized spacial score (nSPS) is 17.6. The topological polar surface area (TPSA) is 0 Å². The van der Waals surface area contributed by atoms with Gasteiger partial charge in [0.2, 0.25) is 0 Å². The van der Waals surface area contributed by atoms with Crippen LogP contribution in [-0.2, 0) is 0 Å². The van der Waals surface area contributed by atoms with Crippen molar-refractivity contribution >= 4 is 15.9 Å². The fourth-order valence-electron chi connectivity index (χ4n) is 1.27. The fourth-order valence-corrected chi connectivity index (χ4v) is 1.60. The van der Waals surface area contributed by atoms with Gasteiger partial charge >= 0.3 is 0 Å². The zero-order valence-electron chi connectivity index (χ0n) is 7.07. The van der Waals surface area contributed by atoms with Gasteiger partial charge in [-0.05, 0) is 30.2 Å². The molecule has 1 rings (SSSR count). The molecular weight excluding hydrogens is 200 g/mol. The molecule has 62 valence electrons. The van der Waals surface area contributed by atoms with Crippen molar-refractivity contribution in [3.63, 3.8) is 0 Å². The maximum absolute atomic E-state index is 3.50. The molecule has 1 aliphatic carbocycles. The third-order valence-corrected chi connectivity index (χ3v) is 2.70. The largest absolute Gasteiger partial charge is 0.0698 e. The highest BCUT2D eigenvalue weighted by Crippen LogP contribution is 2.25. The van der Waals surface area contributed by atoms with Gasteiger partial charge in [-0.1, -0.05) is 47.0 Å². The Hall–Kier alpha value is -0.0400. The van der Waals surface area contributed by atoms with E-state index in [1.54, 1.807) is 5.57 Å². The van der Waals surface area contributed by atoms with E-state index in [1.807, 2.05) is 0 Å². The summed E-state index contributed by atoms with van der Waals surface area (Å²) in [4.78, 5) is 0. The van der Waals surface area contributed by atoms with Crippen LogP contribution in [0.1, 0.15) is 39.0 Å². The Kier molecular flexibility index (Phi) is 3.92. The van der Waals surface area contributed by atoms with Crippen LogP contribution in [0.3, 0.4) is 0 Å². The molecule has 1 heteroatoms. The highest BCUT2D eigenvalue weighted by atomic mass is 79.9. The lowest BCUT2D eigenvalue weighted by Crippen LogP contribution is -1.89. The lowest BCUT2D eigenvalue weighted by atomic mass is 10.00. The molecule has 1 aliphatic rings. The Balaban J connectivity index is 2.35. The summed E-state index contributed by atoms with van der Waals surface area (Å²) in [5.41, 5.74) is 1.62. The van der Waals surface area contributed by atoms with E-state index in [9.17, 15) is 0 Å². The second-order valence-electron chi connectivity index (χ2n) is 3.04. The predicted molar refractivity (Wildman–Crippen MR) is 53.9 cm³/mol. The second kappa shape index (κ2) is 4.76. The van der Waals surface area contributed by atoms with Gasteiger partial charge < -0.3 is 0 Å². The maximum atomic E-state index is 3.50. The first kappa shape index (κ1) is 9.05. The third-order valence-electron chi connectivity index (χ3n) is 2.04. The molecule has 0 amide bonds. The van der Waals surface area contributed by atoms with Crippen molar-refractivity contribution in [2.24, 2.45) is 0 Å². The van der Waals surface area contributed by atoms with Gasteiger partial charge in [-0.3, -0.25) is 0 Å². The van der Waals surface area contributed by atoms with Crippen molar-refractivity contribution in [1.29, 1.82) is 0 Å². The number of halogens is 1. The van der Waals surface area contributed by atoms with Crippen molar-refractivity contribution in [2.45, 2.75) is 39.0 Å². The van der Waals surface area contributed by atoms with E-state index in [-0.39, 0.29) is 0 Å². The average molecular weight is 215 g/mol. The van der Waals surface area contributed by atoms with E-state index in [0.29, 0.717) is 0 Å². The summed E-state index contributed by atoms with van der Waals surface area (Å²) in [6, 6.07) is 0. The van der Waals surface area contributed by atoms with Gasteiger partial charge in [0.1, 0.15) is 0 Å². The standard InChI is InChI=1S/C10H15Br/c1-2-3-4-9-5-7-10(11)8-6-9/h5,7H,2-4,6,8H2,1H3. The number of hydrogen-bond acceptors (Lipinski definition) is 0. The minimum Gasteiger partial charge on any atom is -0.0698 e. The first-order valence-corrected chi connectivity index (χ1v) is 5.16. The zero-order valence-corrected chi connectivity index (χ0v) is 8.65. The van der Waals surface area contributed by atoms with Gasteiger partial charge in [0.25, 0.3) is 0 Å². The van der Waals surface area contributed by atoms with Crippen LogP contribution in [0.5, 0.6) is 0 Å². The molecular formula is C10H15Br. The maximum Gasteiger partial charge on any atom is -0.00462 e. The van der Waals surface area contributed by atoms with Gasteiger partial charge in [-0.25, -0.2) is 0 Å². The van der Waals surface area contributed by atoms with Crippen LogP contribution in [0.25, 0.3) is 0 Å². The van der Waals surface area contributed by atoms with Crippen LogP contribution >= 0.6 is 15.9 Å². The molecule has 0 atom stereocenters. The van der Waals surface area contributed by atoms with Crippen LogP contribution in [0, 0.1) is 0 Å². The zero-order chi connectivity index (χ0) is 8.10. The number of allylic oxidation sites excluding steroid dienone is 4. The van der Waals surface area contributed by atoms with E-state index in [4.69, 9.17) is 0 Å². The lowest BCUT2D eigenvalue weighted by molar-refractivity contribution is 0.749. The van der Waals surface area contributed by atoms with Crippen molar-refractivity contribution in [3.8, 4) is 0 Å². The molecule has 0 saturated heterocycles. The highest BCUT2D eigenvalue weighted by molar-refractivity contribution is 9.11. The molecule has 0 unspecified atom stereocenters. The number of hydrogen-bond donors (Lipinski definition) is 0. The molecule has 0 N–H and O–H groups in total. The van der Waals surface area contributed by atoms with E-state index < -0.39 is 0 Å². The summed E-state index contributed by atoms with van der Waals surface area (Å²) in [5, 5.41) is 0. The number of unbranched alkanes of at least 4 members (excludes halogenated alkanes) is 1. The Labute approximate surface area is 77.5 Å². The number of rotatable bonds is 3. The van der Waals surface area contributed by atoms with Crippen LogP contribution in [-0.4, -0.2) is 0 Å². The highest BCUT2D eigenvalue weighted by Gasteiger charge is 2.02. The van der Waals surface area contributed by atoms with Crippen LogP contribution < -0.4 is 0 Å². The molecule has 0 spiro atoms. The fraction of sp³-hybridized carbons (Fsp3) is 0.600. The minimum atomic E-state index is 1.20. The van der Waals surface area contributed by atoms with E-state index in [0.717, 1.165) is 0 Å². The van der Waals surface area contributed by atoms with Gasteiger partial charge in [-0.2, -0.15) is 0 Å². The third kappa shape index (κ3) is 3.24. The smallest absolute Gasteiger partial charge is 0.00462 e. The van der Waals surface area contributed by atoms with Crippen molar-refractivity contribution in [3.05, 3.63) is 22.2 Å². The SMILES string of the molecule is CCCCC1=CC=C(Br)CC1. The Morgan fingerprint density at radius 1 is 1.36 bits per heavy atom. The molecule has 0 aliphatic heterocycles. The van der Waals surface area contributed by atoms with Crippen LogP contribution in [0.4, 0.5) is 0 Å². The molecule has 0 radical (unpaired) electrons. The second-order valence-corrected chi connectivity index (χ2v) is 4.06. The van der Waals surface area contributed by atoms with Gasteiger partial charge in [0.15, 0.2) is 0 Å². The molecule has 0 aromatic rings. The van der Waals surface area contributed by atoms with Gasteiger partial charge in [-0.15, -0.1) is 0 Å². The Morgan fingerprint density at radius 2 is 2.18 bits per heavy atom. The predicted octanol–water partition coefficient (Wildman–Crippen LogP) is 4.18. The lowest BCUT2D eigenvalue weighted by Gasteiger charge is -2.09. The molecule has 11 heavy (non-hydrogen) atoms. The minimum absolute atomic E-state index is 1.20. The summed E-state index contributed by atoms with van der Waals surface area (Å²) in [6.45, 7) is 2.25. The summed E-state index contributed by atoms with van der Waals surface area (Å²) in [7, 11) is 0. The summed E-state index contributed by atoms with van der Waals surface area (Å²) < 4.78 is 1.35. The molecule has 0 bridgehead atoms. The van der Waals surface area contributed by atoms with Crippen LogP contribution in [0.15, 0.2) is 22.2 Å². The molecule has 0 saturated carbocycles. The van der Waals surface area contributed by atoms with Crippen molar-refractivity contribution < 1.29 is 0 Å². The van der Waals surface area contributed by atoms with E-state index in [2.05, 4.69) is 35.0 Å². The first-order chi connectivity index (χ1) is 5.33. The Bertz CT molecular complexity index is 177. The first-order valence-electron chi connectivity index (χ1n) is 4.37. The van der Waals surface area contributed by atoms with E-state index in [1.165, 1.54) is 36.6 Å². The molecule has 0 aromatic heterocycles. The summed E-state index contributed by atoms with van der Waals surface area (Å²) in [5.74, 6) is 0. The summed E-state index contributed by atoms with van der Waals surface area (Å²) in [6.07, 6.45) is 10.9. The van der Waals surface area contributed by atoms with Crippen LogP contribution in [0.2, 0.25) is 0 Å². The summed E-state index contributed by atoms with van der Waals surface area (Å²) >= 11 is 3.50. The molecule has 0 fully saturated rings. The monoisotopic (exact) mass is 214 g/mol. The average Bonchev–Trinajstić information content (AvgIpc) is 2.04. The quantitative estimate of drug-likeness (QED) is 0.662. The van der Waals surface area contributed by atoms with Crippen molar-refractivity contribution in [1.82, 2.24) is 0 Å². The molecule has 0 aromatic carbocycles. The van der Waals surface area contributed by atoms with Crippen molar-refractivity contribution in [2.75, 3.05) is 0 Å². The van der Waals surface area contributed by atoms with Gasteiger partial charge in [0, 0.05) is 0 Å². The molecule has 0 heterocycles. The Morgan fingerprint density at radius 3 is 2.73 bits per heavy atom.